The molecule has 1 aromatic carbocycles. The predicted octanol–water partition coefficient (Wildman–Crippen LogP) is 2.46. The molecule has 19 heavy (non-hydrogen) atoms. The van der Waals surface area contributed by atoms with Crippen molar-refractivity contribution in [2.24, 2.45) is 5.84 Å². The molecule has 1 atom stereocenters. The SMILES string of the molecule is COC(C)(C)CCC(NN)c1ccc(N(C)C)cc1. The van der Waals surface area contributed by atoms with E-state index in [1.807, 2.05) is 14.1 Å². The predicted molar refractivity (Wildman–Crippen MR) is 81.2 cm³/mol. The Labute approximate surface area is 116 Å². The number of benzene rings is 1. The van der Waals surface area contributed by atoms with Gasteiger partial charge in [-0.15, -0.1) is 0 Å². The lowest BCUT2D eigenvalue weighted by molar-refractivity contribution is 0.0117. The minimum Gasteiger partial charge on any atom is -0.379 e. The van der Waals surface area contributed by atoms with Crippen molar-refractivity contribution in [1.82, 2.24) is 5.43 Å². The van der Waals surface area contributed by atoms with Crippen LogP contribution in [0.4, 0.5) is 5.69 Å². The summed E-state index contributed by atoms with van der Waals surface area (Å²) in [6.07, 6.45) is 1.90. The van der Waals surface area contributed by atoms with E-state index in [0.29, 0.717) is 0 Å². The van der Waals surface area contributed by atoms with Gasteiger partial charge in [0.05, 0.1) is 5.60 Å². The van der Waals surface area contributed by atoms with Crippen molar-refractivity contribution in [3.05, 3.63) is 29.8 Å². The lowest BCUT2D eigenvalue weighted by Gasteiger charge is -2.26. The van der Waals surface area contributed by atoms with E-state index >= 15 is 0 Å². The fraction of sp³-hybridized carbons (Fsp3) is 0.600. The fourth-order valence-corrected chi connectivity index (χ4v) is 1.94. The number of rotatable bonds is 7. The summed E-state index contributed by atoms with van der Waals surface area (Å²) in [5.41, 5.74) is 5.18. The van der Waals surface area contributed by atoms with Gasteiger partial charge in [0.1, 0.15) is 0 Å². The third-order valence-electron chi connectivity index (χ3n) is 3.60. The molecule has 1 aromatic rings. The number of nitrogens with zero attached hydrogens (tertiary/aromatic N) is 1. The molecule has 0 aliphatic carbocycles. The normalized spacial score (nSPS) is 13.4. The summed E-state index contributed by atoms with van der Waals surface area (Å²) < 4.78 is 5.44. The second-order valence-electron chi connectivity index (χ2n) is 5.71. The van der Waals surface area contributed by atoms with Crippen LogP contribution < -0.4 is 16.2 Å². The number of nitrogens with two attached hydrogens (primary N) is 1. The molecule has 0 saturated heterocycles. The Morgan fingerprint density at radius 1 is 1.26 bits per heavy atom. The molecule has 0 saturated carbocycles. The highest BCUT2D eigenvalue weighted by molar-refractivity contribution is 5.46. The number of hydrogen-bond donors (Lipinski definition) is 2. The third kappa shape index (κ3) is 4.82. The number of nitrogens with one attached hydrogen (secondary N) is 1. The maximum Gasteiger partial charge on any atom is 0.0623 e. The molecule has 1 unspecified atom stereocenters. The smallest absolute Gasteiger partial charge is 0.0623 e. The summed E-state index contributed by atoms with van der Waals surface area (Å²) in [5, 5.41) is 0. The van der Waals surface area contributed by atoms with Crippen LogP contribution in [-0.2, 0) is 4.74 Å². The zero-order valence-electron chi connectivity index (χ0n) is 12.7. The van der Waals surface area contributed by atoms with Crippen molar-refractivity contribution in [2.75, 3.05) is 26.1 Å². The Morgan fingerprint density at radius 3 is 2.26 bits per heavy atom. The van der Waals surface area contributed by atoms with E-state index in [4.69, 9.17) is 10.6 Å². The standard InChI is InChI=1S/C15H27N3O/c1-15(2,19-5)11-10-14(17-16)12-6-8-13(9-7-12)18(3)4/h6-9,14,17H,10-11,16H2,1-5H3. The molecule has 1 rings (SSSR count). The summed E-state index contributed by atoms with van der Waals surface area (Å²) in [7, 11) is 5.82. The van der Waals surface area contributed by atoms with Crippen LogP contribution in [0.1, 0.15) is 38.3 Å². The van der Waals surface area contributed by atoms with Gasteiger partial charge < -0.3 is 9.64 Å². The van der Waals surface area contributed by atoms with Crippen LogP contribution in [0.5, 0.6) is 0 Å². The highest BCUT2D eigenvalue weighted by Crippen LogP contribution is 2.25. The van der Waals surface area contributed by atoms with Gasteiger partial charge in [-0.3, -0.25) is 11.3 Å². The van der Waals surface area contributed by atoms with E-state index in [9.17, 15) is 0 Å². The average molecular weight is 265 g/mol. The monoisotopic (exact) mass is 265 g/mol. The van der Waals surface area contributed by atoms with Crippen LogP contribution in [0.15, 0.2) is 24.3 Å². The molecule has 0 aliphatic rings. The Bertz CT molecular complexity index is 373. The second kappa shape index (κ2) is 6.89. The molecule has 4 nitrogen and oxygen atoms in total. The van der Waals surface area contributed by atoms with Crippen LogP contribution in [-0.4, -0.2) is 26.8 Å². The molecule has 4 heteroatoms. The van der Waals surface area contributed by atoms with Gasteiger partial charge in [0, 0.05) is 32.9 Å². The molecule has 0 heterocycles. The zero-order valence-corrected chi connectivity index (χ0v) is 12.7. The van der Waals surface area contributed by atoms with E-state index in [1.165, 1.54) is 11.3 Å². The number of anilines is 1. The summed E-state index contributed by atoms with van der Waals surface area (Å²) in [4.78, 5) is 2.09. The molecular formula is C15H27N3O. The van der Waals surface area contributed by atoms with Crippen molar-refractivity contribution in [3.8, 4) is 0 Å². The van der Waals surface area contributed by atoms with E-state index in [1.54, 1.807) is 7.11 Å². The van der Waals surface area contributed by atoms with Gasteiger partial charge in [0.15, 0.2) is 0 Å². The maximum absolute atomic E-state index is 5.67. The van der Waals surface area contributed by atoms with E-state index in [-0.39, 0.29) is 11.6 Å². The molecule has 0 amide bonds. The molecule has 0 bridgehead atoms. The maximum atomic E-state index is 5.67. The van der Waals surface area contributed by atoms with Crippen LogP contribution in [0, 0.1) is 0 Å². The van der Waals surface area contributed by atoms with Crippen molar-refractivity contribution in [3.63, 3.8) is 0 Å². The molecule has 0 spiro atoms. The van der Waals surface area contributed by atoms with Crippen LogP contribution in [0.3, 0.4) is 0 Å². The summed E-state index contributed by atoms with van der Waals surface area (Å²) in [6.45, 7) is 4.19. The Kier molecular flexibility index (Phi) is 5.79. The number of ether oxygens (including phenoxy) is 1. The van der Waals surface area contributed by atoms with E-state index < -0.39 is 0 Å². The second-order valence-corrected chi connectivity index (χ2v) is 5.71. The van der Waals surface area contributed by atoms with Crippen molar-refractivity contribution in [1.29, 1.82) is 0 Å². The molecular weight excluding hydrogens is 238 g/mol. The van der Waals surface area contributed by atoms with Gasteiger partial charge in [0.2, 0.25) is 0 Å². The molecule has 0 radical (unpaired) electrons. The van der Waals surface area contributed by atoms with Gasteiger partial charge in [-0.1, -0.05) is 12.1 Å². The number of methoxy groups -OCH3 is 1. The zero-order chi connectivity index (χ0) is 14.5. The molecule has 0 fully saturated rings. The van der Waals surface area contributed by atoms with Crippen LogP contribution in [0.25, 0.3) is 0 Å². The van der Waals surface area contributed by atoms with Gasteiger partial charge in [-0.05, 0) is 44.4 Å². The Balaban J connectivity index is 2.69. The first kappa shape index (κ1) is 16.0. The van der Waals surface area contributed by atoms with Gasteiger partial charge in [-0.25, -0.2) is 0 Å². The lowest BCUT2D eigenvalue weighted by Crippen LogP contribution is -2.31. The summed E-state index contributed by atoms with van der Waals surface area (Å²) >= 11 is 0. The minimum atomic E-state index is -0.112. The first-order chi connectivity index (χ1) is 8.89. The van der Waals surface area contributed by atoms with Crippen molar-refractivity contribution in [2.45, 2.75) is 38.3 Å². The van der Waals surface area contributed by atoms with Crippen molar-refractivity contribution >= 4 is 5.69 Å². The highest BCUT2D eigenvalue weighted by Gasteiger charge is 2.19. The van der Waals surface area contributed by atoms with E-state index in [0.717, 1.165) is 12.8 Å². The Morgan fingerprint density at radius 2 is 1.84 bits per heavy atom. The first-order valence-electron chi connectivity index (χ1n) is 6.68. The van der Waals surface area contributed by atoms with Crippen LogP contribution >= 0.6 is 0 Å². The lowest BCUT2D eigenvalue weighted by atomic mass is 9.95. The van der Waals surface area contributed by atoms with Gasteiger partial charge in [0.25, 0.3) is 0 Å². The molecule has 0 aliphatic heterocycles. The average Bonchev–Trinajstić information content (AvgIpc) is 2.40. The minimum absolute atomic E-state index is 0.112. The number of hydrogen-bond acceptors (Lipinski definition) is 4. The molecule has 0 aromatic heterocycles. The fourth-order valence-electron chi connectivity index (χ4n) is 1.94. The first-order valence-corrected chi connectivity index (χ1v) is 6.68. The van der Waals surface area contributed by atoms with Gasteiger partial charge in [-0.2, -0.15) is 0 Å². The van der Waals surface area contributed by atoms with Crippen molar-refractivity contribution < 1.29 is 4.74 Å². The third-order valence-corrected chi connectivity index (χ3v) is 3.60. The van der Waals surface area contributed by atoms with Gasteiger partial charge >= 0.3 is 0 Å². The summed E-state index contributed by atoms with van der Waals surface area (Å²) in [5.74, 6) is 5.67. The molecule has 3 N–H and O–H groups in total. The van der Waals surface area contributed by atoms with Crippen LogP contribution in [0.2, 0.25) is 0 Å². The largest absolute Gasteiger partial charge is 0.379 e. The topological polar surface area (TPSA) is 50.5 Å². The van der Waals surface area contributed by atoms with E-state index in [2.05, 4.69) is 48.4 Å². The highest BCUT2D eigenvalue weighted by atomic mass is 16.5. The quantitative estimate of drug-likeness (QED) is 0.587. The Hall–Kier alpha value is -1.10. The number of hydrazine groups is 1. The summed E-state index contributed by atoms with van der Waals surface area (Å²) in [6, 6.07) is 8.63. The molecule has 108 valence electrons.